The minimum Gasteiger partial charge on any atom is -0.424 e. The van der Waals surface area contributed by atoms with Crippen molar-refractivity contribution in [2.45, 2.75) is 32.4 Å². The monoisotopic (exact) mass is 972 g/mol. The molecule has 0 bridgehead atoms. The van der Waals surface area contributed by atoms with Crippen LogP contribution in [0.25, 0.3) is 22.2 Å². The number of hydrogen-bond donors (Lipinski definition) is 6. The smallest absolute Gasteiger partial charge is 0.302 e. The number of aliphatic imine (C=N–C) groups is 1. The molecule has 322 valence electrons. The Balaban J connectivity index is 0.000000192. The number of nitrogens with one attached hydrogen (secondary N) is 5. The van der Waals surface area contributed by atoms with Crippen LogP contribution in [0.2, 0.25) is 0 Å². The molecular formula is C47H46Br2N10O4. The highest BCUT2D eigenvalue weighted by Gasteiger charge is 2.32. The second-order valence-corrected chi connectivity index (χ2v) is 16.3. The third-order valence-corrected chi connectivity index (χ3v) is 11.4. The van der Waals surface area contributed by atoms with E-state index < -0.39 is 12.1 Å². The molecule has 1 aliphatic heterocycles. The van der Waals surface area contributed by atoms with Crippen molar-refractivity contribution in [3.63, 3.8) is 0 Å². The molecule has 2 aromatic heterocycles. The number of fused-ring (bicyclic) bond motifs is 2. The summed E-state index contributed by atoms with van der Waals surface area (Å²) < 4.78 is 13.2. The molecule has 2 aliphatic rings. The molecular weight excluding hydrogens is 928 g/mol. The molecule has 6 aromatic rings. The molecule has 7 N–H and O–H groups in total. The lowest BCUT2D eigenvalue weighted by atomic mass is 9.94. The first kappa shape index (κ1) is 44.3. The van der Waals surface area contributed by atoms with Gasteiger partial charge >= 0.3 is 6.01 Å². The van der Waals surface area contributed by atoms with Gasteiger partial charge in [-0.15, -0.1) is 0 Å². The molecule has 4 aromatic carbocycles. The zero-order valence-corrected chi connectivity index (χ0v) is 38.1. The Morgan fingerprint density at radius 3 is 2.21 bits per heavy atom. The van der Waals surface area contributed by atoms with Gasteiger partial charge in [0, 0.05) is 40.1 Å². The molecule has 2 unspecified atom stereocenters. The van der Waals surface area contributed by atoms with Crippen LogP contribution >= 0.6 is 31.9 Å². The van der Waals surface area contributed by atoms with Crippen molar-refractivity contribution in [3.8, 4) is 0 Å². The fourth-order valence-corrected chi connectivity index (χ4v) is 7.88. The summed E-state index contributed by atoms with van der Waals surface area (Å²) in [6, 6.07) is 31.7. The van der Waals surface area contributed by atoms with Crippen LogP contribution in [0.4, 0.5) is 17.7 Å². The number of aromatic nitrogens is 2. The molecule has 16 heteroatoms. The van der Waals surface area contributed by atoms with Crippen LogP contribution in [-0.4, -0.2) is 59.4 Å². The van der Waals surface area contributed by atoms with Gasteiger partial charge in [-0.3, -0.25) is 14.9 Å². The van der Waals surface area contributed by atoms with E-state index in [9.17, 15) is 9.59 Å². The number of halogens is 2. The maximum atomic E-state index is 13.4. The van der Waals surface area contributed by atoms with Crippen molar-refractivity contribution in [2.24, 2.45) is 10.7 Å². The summed E-state index contributed by atoms with van der Waals surface area (Å²) in [7, 11) is 3.41. The highest BCUT2D eigenvalue weighted by Crippen LogP contribution is 2.33. The number of hydrogen-bond acceptors (Lipinski definition) is 12. The van der Waals surface area contributed by atoms with Crippen molar-refractivity contribution in [2.75, 3.05) is 36.7 Å². The van der Waals surface area contributed by atoms with Gasteiger partial charge in [-0.1, -0.05) is 111 Å². The predicted octanol–water partition coefficient (Wildman–Crippen LogP) is 9.26. The van der Waals surface area contributed by atoms with Gasteiger partial charge in [-0.05, 0) is 79.9 Å². The predicted molar refractivity (Wildman–Crippen MR) is 257 cm³/mol. The van der Waals surface area contributed by atoms with Gasteiger partial charge in [-0.25, -0.2) is 4.99 Å². The molecule has 0 spiro atoms. The van der Waals surface area contributed by atoms with Gasteiger partial charge in [-0.2, -0.15) is 9.97 Å². The Labute approximate surface area is 381 Å². The van der Waals surface area contributed by atoms with Gasteiger partial charge in [0.25, 0.3) is 17.8 Å². The van der Waals surface area contributed by atoms with Crippen molar-refractivity contribution < 1.29 is 18.4 Å². The topological polar surface area (TPSA) is 188 Å². The Bertz CT molecular complexity index is 2760. The third kappa shape index (κ3) is 10.8. The van der Waals surface area contributed by atoms with Crippen molar-refractivity contribution in [1.82, 2.24) is 25.5 Å². The number of para-hydroxylation sites is 5. The van der Waals surface area contributed by atoms with Crippen LogP contribution in [0.1, 0.15) is 31.9 Å². The standard InChI is InChI=1S/C26H22BrN5O2.C21H24BrN5O2/c1-16-22(24(33)29-17-10-4-2-5-11-17)23(18-12-6-3-7-13-19(18)27)31-25(28-16)32-26-30-20-14-8-9-15-21(20)34-26;1-13(24-12-25-21-26-16-10-6-7-11-17(16)29-21)18(20(28)27(2)3)19(23)14-8-4-5-9-15(14)22/h2-5,7-15,23H,6H2,1H3,(H,29,33)(H2,28,30,31,32);4-11,19,24H,12,23H2,1-3H3,(H,25,26)/b;18-13+. The SMILES string of the molecule is C/C(NCNc1nc2ccccc2o1)=C(\C(=O)N(C)C)C(N)c1ccccc1Br.CC1=C(C(=O)Nc2ccccc2)C(C2=CCC=CC=C2Br)N=C(Nc2nc3ccccc3o2)N1. The van der Waals surface area contributed by atoms with Gasteiger partial charge in [0.05, 0.1) is 23.9 Å². The average molecular weight is 975 g/mol. The molecule has 14 nitrogen and oxygen atoms in total. The van der Waals surface area contributed by atoms with E-state index in [0.717, 1.165) is 43.2 Å². The molecule has 2 atom stereocenters. The summed E-state index contributed by atoms with van der Waals surface area (Å²) >= 11 is 7.18. The van der Waals surface area contributed by atoms with E-state index in [2.05, 4.69) is 80.6 Å². The van der Waals surface area contributed by atoms with Crippen LogP contribution in [0.3, 0.4) is 0 Å². The van der Waals surface area contributed by atoms with Crippen LogP contribution in [-0.2, 0) is 9.59 Å². The van der Waals surface area contributed by atoms with Gasteiger partial charge < -0.3 is 40.7 Å². The van der Waals surface area contributed by atoms with Crippen LogP contribution in [0, 0.1) is 0 Å². The Morgan fingerprint density at radius 2 is 1.52 bits per heavy atom. The van der Waals surface area contributed by atoms with E-state index in [1.54, 1.807) is 14.1 Å². The van der Waals surface area contributed by atoms with Gasteiger partial charge in [0.2, 0.25) is 5.96 Å². The quantitative estimate of drug-likeness (QED) is 0.0537. The largest absolute Gasteiger partial charge is 0.424 e. The first-order chi connectivity index (χ1) is 30.5. The number of amides is 2. The molecule has 1 aliphatic carbocycles. The number of carbonyl (C=O) groups excluding carboxylic acids is 2. The Morgan fingerprint density at radius 1 is 0.889 bits per heavy atom. The van der Waals surface area contributed by atoms with Gasteiger partial charge in [0.1, 0.15) is 17.1 Å². The van der Waals surface area contributed by atoms with E-state index in [4.69, 9.17) is 19.6 Å². The van der Waals surface area contributed by atoms with Crippen LogP contribution in [0.5, 0.6) is 0 Å². The zero-order chi connectivity index (χ0) is 44.5. The number of nitrogens with two attached hydrogens (primary N) is 1. The van der Waals surface area contributed by atoms with E-state index >= 15 is 0 Å². The number of nitrogens with zero attached hydrogens (tertiary/aromatic N) is 4. The van der Waals surface area contributed by atoms with E-state index in [0.29, 0.717) is 58.4 Å². The lowest BCUT2D eigenvalue weighted by molar-refractivity contribution is -0.125. The van der Waals surface area contributed by atoms with E-state index in [1.165, 1.54) is 4.90 Å². The number of oxazole rings is 2. The summed E-state index contributed by atoms with van der Waals surface area (Å²) in [6.45, 7) is 4.02. The maximum absolute atomic E-state index is 13.4. The normalized spacial score (nSPS) is 15.7. The molecule has 0 saturated heterocycles. The molecule has 0 saturated carbocycles. The summed E-state index contributed by atoms with van der Waals surface area (Å²) in [5.41, 5.74) is 14.2. The lowest BCUT2D eigenvalue weighted by Gasteiger charge is -2.28. The maximum Gasteiger partial charge on any atom is 0.302 e. The van der Waals surface area contributed by atoms with Crippen molar-refractivity contribution in [3.05, 3.63) is 170 Å². The Kier molecular flexibility index (Phi) is 14.4. The van der Waals surface area contributed by atoms with Crippen LogP contribution in [0.15, 0.2) is 178 Å². The lowest BCUT2D eigenvalue weighted by Crippen LogP contribution is -2.40. The minimum absolute atomic E-state index is 0.153. The number of benzene rings is 4. The second kappa shape index (κ2) is 20.4. The molecule has 2 amide bonds. The molecule has 0 radical (unpaired) electrons. The highest BCUT2D eigenvalue weighted by atomic mass is 79.9. The molecule has 8 rings (SSSR count). The first-order valence-electron chi connectivity index (χ1n) is 20.0. The molecule has 63 heavy (non-hydrogen) atoms. The highest BCUT2D eigenvalue weighted by molar-refractivity contribution is 9.12. The van der Waals surface area contributed by atoms with E-state index in [1.807, 2.05) is 129 Å². The van der Waals surface area contributed by atoms with Crippen LogP contribution < -0.4 is 32.3 Å². The molecule has 0 fully saturated rings. The Hall–Kier alpha value is -6.75. The minimum atomic E-state index is -0.586. The van der Waals surface area contributed by atoms with E-state index in [-0.39, 0.29) is 11.8 Å². The second-order valence-electron chi connectivity index (χ2n) is 14.6. The number of rotatable bonds is 11. The summed E-state index contributed by atoms with van der Waals surface area (Å²) in [6.07, 6.45) is 8.81. The summed E-state index contributed by atoms with van der Waals surface area (Å²) in [5, 5.41) is 15.6. The van der Waals surface area contributed by atoms with Crippen molar-refractivity contribution >= 4 is 89.5 Å². The fourth-order valence-electron chi connectivity index (χ4n) is 6.81. The van der Waals surface area contributed by atoms with Gasteiger partial charge in [0.15, 0.2) is 11.2 Å². The molecule has 3 heterocycles. The number of anilines is 3. The number of allylic oxidation sites excluding steroid dienone is 6. The zero-order valence-electron chi connectivity index (χ0n) is 34.9. The fraction of sp³-hybridized carbons (Fsp3) is 0.170. The summed E-state index contributed by atoms with van der Waals surface area (Å²) in [4.78, 5) is 41.5. The summed E-state index contributed by atoms with van der Waals surface area (Å²) in [5.74, 6) is 0.0770. The van der Waals surface area contributed by atoms with Crippen molar-refractivity contribution in [1.29, 1.82) is 0 Å². The number of likely N-dealkylation sites (N-methyl/N-ethyl adjacent to an activating group) is 1. The number of carbonyl (C=O) groups is 2. The first-order valence-corrected chi connectivity index (χ1v) is 21.6. The number of guanidine groups is 1. The average Bonchev–Trinajstić information content (AvgIpc) is 3.81. The third-order valence-electron chi connectivity index (χ3n) is 9.94.